The lowest BCUT2D eigenvalue weighted by atomic mass is 10.1. The van der Waals surface area contributed by atoms with E-state index >= 15 is 0 Å². The monoisotopic (exact) mass is 315 g/mol. The van der Waals surface area contributed by atoms with Crippen molar-refractivity contribution in [3.05, 3.63) is 35.7 Å². The Morgan fingerprint density at radius 2 is 2.26 bits per heavy atom. The summed E-state index contributed by atoms with van der Waals surface area (Å²) >= 11 is 0. The molecule has 3 rings (SSSR count). The Balaban J connectivity index is 1.79. The fraction of sp³-hybridized carbons (Fsp3) is 0.500. The molecule has 0 spiro atoms. The average Bonchev–Trinajstić information content (AvgIpc) is 3.11. The van der Waals surface area contributed by atoms with Gasteiger partial charge in [-0.1, -0.05) is 18.0 Å². The van der Waals surface area contributed by atoms with Gasteiger partial charge in [0.1, 0.15) is 0 Å². The van der Waals surface area contributed by atoms with Crippen molar-refractivity contribution in [3.63, 3.8) is 0 Å². The fourth-order valence-corrected chi connectivity index (χ4v) is 2.90. The van der Waals surface area contributed by atoms with E-state index in [1.54, 1.807) is 17.0 Å². The van der Waals surface area contributed by atoms with Crippen molar-refractivity contribution in [2.45, 2.75) is 38.6 Å². The number of likely N-dealkylation sites (tertiary alicyclic amines) is 1. The van der Waals surface area contributed by atoms with Crippen LogP contribution in [0.25, 0.3) is 6.08 Å². The SMILES string of the molecule is Cc1c(C=CC(=O)N2CCCCCC2c2ncon2)cnn1C. The highest BCUT2D eigenvalue weighted by Gasteiger charge is 2.28. The quantitative estimate of drug-likeness (QED) is 0.812. The summed E-state index contributed by atoms with van der Waals surface area (Å²) in [7, 11) is 1.88. The zero-order chi connectivity index (χ0) is 16.2. The van der Waals surface area contributed by atoms with Crippen LogP contribution < -0.4 is 0 Å². The van der Waals surface area contributed by atoms with E-state index in [4.69, 9.17) is 4.52 Å². The van der Waals surface area contributed by atoms with Crippen LogP contribution in [0.4, 0.5) is 0 Å². The molecule has 2 aromatic heterocycles. The summed E-state index contributed by atoms with van der Waals surface area (Å²) in [4.78, 5) is 18.7. The Hall–Kier alpha value is -2.44. The maximum absolute atomic E-state index is 12.7. The fourth-order valence-electron chi connectivity index (χ4n) is 2.90. The molecule has 1 unspecified atom stereocenters. The molecule has 1 aliphatic heterocycles. The molecule has 0 radical (unpaired) electrons. The molecule has 1 fully saturated rings. The van der Waals surface area contributed by atoms with Gasteiger partial charge in [0.25, 0.3) is 0 Å². The summed E-state index contributed by atoms with van der Waals surface area (Å²) in [6.45, 7) is 2.69. The number of nitrogens with zero attached hydrogens (tertiary/aromatic N) is 5. The first kappa shape index (κ1) is 15.5. The lowest BCUT2D eigenvalue weighted by Gasteiger charge is -2.26. The molecule has 0 aliphatic carbocycles. The highest BCUT2D eigenvalue weighted by atomic mass is 16.5. The molecule has 1 saturated heterocycles. The van der Waals surface area contributed by atoms with Crippen LogP contribution in [0.15, 0.2) is 23.2 Å². The van der Waals surface area contributed by atoms with Gasteiger partial charge < -0.3 is 9.42 Å². The number of aryl methyl sites for hydroxylation is 1. The molecule has 1 amide bonds. The molecule has 0 N–H and O–H groups in total. The van der Waals surface area contributed by atoms with Crippen LogP contribution in [0, 0.1) is 6.92 Å². The van der Waals surface area contributed by atoms with Gasteiger partial charge in [0.15, 0.2) is 5.82 Å². The summed E-state index contributed by atoms with van der Waals surface area (Å²) < 4.78 is 6.65. The molecule has 122 valence electrons. The van der Waals surface area contributed by atoms with Gasteiger partial charge in [-0.2, -0.15) is 10.1 Å². The second-order valence-electron chi connectivity index (χ2n) is 5.83. The van der Waals surface area contributed by atoms with Crippen molar-refractivity contribution in [3.8, 4) is 0 Å². The van der Waals surface area contributed by atoms with E-state index in [0.29, 0.717) is 12.4 Å². The minimum absolute atomic E-state index is 0.0232. The Kier molecular flexibility index (Phi) is 4.55. The highest BCUT2D eigenvalue weighted by Crippen LogP contribution is 2.28. The predicted molar refractivity (Wildman–Crippen MR) is 84.2 cm³/mol. The van der Waals surface area contributed by atoms with Gasteiger partial charge in [-0.05, 0) is 25.8 Å². The summed E-state index contributed by atoms with van der Waals surface area (Å²) in [5, 5.41) is 8.12. The summed E-state index contributed by atoms with van der Waals surface area (Å²) in [5.41, 5.74) is 1.98. The second-order valence-corrected chi connectivity index (χ2v) is 5.83. The van der Waals surface area contributed by atoms with Gasteiger partial charge in [0.2, 0.25) is 12.3 Å². The third-order valence-electron chi connectivity index (χ3n) is 4.39. The molecular weight excluding hydrogens is 294 g/mol. The van der Waals surface area contributed by atoms with Crippen LogP contribution >= 0.6 is 0 Å². The lowest BCUT2D eigenvalue weighted by Crippen LogP contribution is -2.34. The number of aromatic nitrogens is 4. The van der Waals surface area contributed by atoms with E-state index < -0.39 is 0 Å². The molecule has 7 heteroatoms. The molecule has 0 bridgehead atoms. The van der Waals surface area contributed by atoms with Crippen LogP contribution in [-0.4, -0.2) is 37.3 Å². The summed E-state index contributed by atoms with van der Waals surface area (Å²) in [6, 6.07) is -0.108. The van der Waals surface area contributed by atoms with E-state index in [9.17, 15) is 4.79 Å². The van der Waals surface area contributed by atoms with Crippen molar-refractivity contribution in [1.82, 2.24) is 24.8 Å². The Morgan fingerprint density at radius 1 is 1.39 bits per heavy atom. The maximum Gasteiger partial charge on any atom is 0.247 e. The first-order valence-electron chi connectivity index (χ1n) is 7.90. The molecule has 7 nitrogen and oxygen atoms in total. The Morgan fingerprint density at radius 3 is 2.96 bits per heavy atom. The number of carbonyl (C=O) groups is 1. The van der Waals surface area contributed by atoms with Crippen molar-refractivity contribution in [2.75, 3.05) is 6.54 Å². The largest absolute Gasteiger partial charge is 0.343 e. The van der Waals surface area contributed by atoms with Gasteiger partial charge in [-0.3, -0.25) is 9.48 Å². The smallest absolute Gasteiger partial charge is 0.247 e. The Bertz CT molecular complexity index is 689. The highest BCUT2D eigenvalue weighted by molar-refractivity contribution is 5.92. The number of amides is 1. The number of hydrogen-bond acceptors (Lipinski definition) is 5. The van der Waals surface area contributed by atoms with E-state index in [2.05, 4.69) is 15.2 Å². The van der Waals surface area contributed by atoms with Crippen molar-refractivity contribution < 1.29 is 9.32 Å². The van der Waals surface area contributed by atoms with Crippen LogP contribution in [-0.2, 0) is 11.8 Å². The van der Waals surface area contributed by atoms with E-state index in [1.807, 2.05) is 24.9 Å². The molecular formula is C16H21N5O2. The lowest BCUT2D eigenvalue weighted by molar-refractivity contribution is -0.128. The van der Waals surface area contributed by atoms with Gasteiger partial charge in [-0.15, -0.1) is 0 Å². The van der Waals surface area contributed by atoms with Crippen LogP contribution in [0.5, 0.6) is 0 Å². The van der Waals surface area contributed by atoms with Gasteiger partial charge >= 0.3 is 0 Å². The topological polar surface area (TPSA) is 77.1 Å². The van der Waals surface area contributed by atoms with E-state index in [1.165, 1.54) is 6.39 Å². The molecule has 0 aromatic carbocycles. The molecule has 2 aromatic rings. The summed E-state index contributed by atoms with van der Waals surface area (Å²) in [6.07, 6.45) is 10.6. The number of carbonyl (C=O) groups excluding carboxylic acids is 1. The summed E-state index contributed by atoms with van der Waals surface area (Å²) in [5.74, 6) is 0.566. The predicted octanol–water partition coefficient (Wildman–Crippen LogP) is 2.27. The standard InChI is InChI=1S/C16H21N5O2/c1-12-13(10-18-20(12)2)7-8-15(22)21-9-5-3-4-6-14(21)16-17-11-23-19-16/h7-8,10-11,14H,3-6,9H2,1-2H3. The normalized spacial score (nSPS) is 19.2. The Labute approximate surface area is 135 Å². The second kappa shape index (κ2) is 6.76. The maximum atomic E-state index is 12.7. The van der Waals surface area contributed by atoms with Gasteiger partial charge in [-0.25, -0.2) is 0 Å². The van der Waals surface area contributed by atoms with Crippen LogP contribution in [0.1, 0.15) is 48.8 Å². The van der Waals surface area contributed by atoms with E-state index in [-0.39, 0.29) is 11.9 Å². The number of hydrogen-bond donors (Lipinski definition) is 0. The van der Waals surface area contributed by atoms with Gasteiger partial charge in [0.05, 0.1) is 12.2 Å². The zero-order valence-electron chi connectivity index (χ0n) is 13.5. The minimum Gasteiger partial charge on any atom is -0.343 e. The molecule has 1 atom stereocenters. The molecule has 1 aliphatic rings. The van der Waals surface area contributed by atoms with E-state index in [0.717, 1.165) is 36.9 Å². The zero-order valence-corrected chi connectivity index (χ0v) is 13.5. The first-order valence-corrected chi connectivity index (χ1v) is 7.90. The van der Waals surface area contributed by atoms with Gasteiger partial charge in [0, 0.05) is 30.9 Å². The van der Waals surface area contributed by atoms with Crippen molar-refractivity contribution in [1.29, 1.82) is 0 Å². The van der Waals surface area contributed by atoms with Crippen molar-refractivity contribution in [2.24, 2.45) is 7.05 Å². The third kappa shape index (κ3) is 3.33. The van der Waals surface area contributed by atoms with Crippen LogP contribution in [0.2, 0.25) is 0 Å². The first-order chi connectivity index (χ1) is 11.2. The van der Waals surface area contributed by atoms with Crippen LogP contribution in [0.3, 0.4) is 0 Å². The minimum atomic E-state index is -0.108. The molecule has 0 saturated carbocycles. The molecule has 23 heavy (non-hydrogen) atoms. The average molecular weight is 315 g/mol. The number of rotatable bonds is 3. The van der Waals surface area contributed by atoms with Crippen molar-refractivity contribution >= 4 is 12.0 Å². The molecule has 3 heterocycles. The third-order valence-corrected chi connectivity index (χ3v) is 4.39.